The lowest BCUT2D eigenvalue weighted by Gasteiger charge is -2.06. The van der Waals surface area contributed by atoms with E-state index in [1.165, 1.54) is 24.7 Å². The molecule has 0 fully saturated rings. The van der Waals surface area contributed by atoms with Crippen LogP contribution in [0.3, 0.4) is 0 Å². The van der Waals surface area contributed by atoms with E-state index >= 15 is 0 Å². The van der Waals surface area contributed by atoms with Gasteiger partial charge in [0.15, 0.2) is 11.5 Å². The Balaban J connectivity index is 2.13. The molecule has 0 atom stereocenters. The Kier molecular flexibility index (Phi) is 4.24. The third kappa shape index (κ3) is 3.15. The van der Waals surface area contributed by atoms with Crippen molar-refractivity contribution >= 4 is 34.3 Å². The number of aromatic nitrogens is 1. The zero-order valence-electron chi connectivity index (χ0n) is 10.3. The van der Waals surface area contributed by atoms with E-state index in [1.807, 2.05) is 12.3 Å². The van der Waals surface area contributed by atoms with E-state index in [0.29, 0.717) is 16.4 Å². The fourth-order valence-electron chi connectivity index (χ4n) is 1.39. The lowest BCUT2D eigenvalue weighted by Crippen LogP contribution is -1.92. The van der Waals surface area contributed by atoms with Gasteiger partial charge in [-0.1, -0.05) is 11.6 Å². The number of nitrogens with zero attached hydrogens (tertiary/aromatic N) is 2. The van der Waals surface area contributed by atoms with Gasteiger partial charge < -0.3 is 9.84 Å². The first-order chi connectivity index (χ1) is 9.11. The number of rotatable bonds is 4. The van der Waals surface area contributed by atoms with E-state index in [0.717, 1.165) is 5.69 Å². The Bertz CT molecular complexity index is 613. The number of methoxy groups -OCH3 is 1. The van der Waals surface area contributed by atoms with E-state index < -0.39 is 0 Å². The smallest absolute Gasteiger partial charge is 0.203 e. The maximum Gasteiger partial charge on any atom is 0.203 e. The summed E-state index contributed by atoms with van der Waals surface area (Å²) in [5.41, 5.74) is 4.31. The fraction of sp³-hybridized carbons (Fsp3) is 0.167. The lowest BCUT2D eigenvalue weighted by molar-refractivity contribution is 0.373. The summed E-state index contributed by atoms with van der Waals surface area (Å²) in [6.45, 7) is 1.91. The maximum atomic E-state index is 9.75. The van der Waals surface area contributed by atoms with Crippen LogP contribution in [0.4, 0.5) is 5.13 Å². The van der Waals surface area contributed by atoms with E-state index in [1.54, 1.807) is 12.1 Å². The quantitative estimate of drug-likeness (QED) is 0.671. The second-order valence-electron chi connectivity index (χ2n) is 3.68. The number of benzene rings is 1. The Morgan fingerprint density at radius 1 is 1.53 bits per heavy atom. The Labute approximate surface area is 119 Å². The van der Waals surface area contributed by atoms with Crippen molar-refractivity contribution in [2.75, 3.05) is 12.5 Å². The molecule has 7 heteroatoms. The van der Waals surface area contributed by atoms with Crippen LogP contribution >= 0.6 is 22.9 Å². The van der Waals surface area contributed by atoms with Crippen LogP contribution in [0.1, 0.15) is 11.3 Å². The van der Waals surface area contributed by atoms with Crippen molar-refractivity contribution in [1.29, 1.82) is 0 Å². The van der Waals surface area contributed by atoms with Gasteiger partial charge in [-0.25, -0.2) is 4.98 Å². The van der Waals surface area contributed by atoms with Gasteiger partial charge in [-0.3, -0.25) is 5.43 Å². The van der Waals surface area contributed by atoms with Crippen LogP contribution in [-0.2, 0) is 0 Å². The van der Waals surface area contributed by atoms with E-state index in [9.17, 15) is 5.11 Å². The number of nitrogens with one attached hydrogen (secondary N) is 1. The first-order valence-corrected chi connectivity index (χ1v) is 6.64. The normalized spacial score (nSPS) is 10.9. The van der Waals surface area contributed by atoms with Gasteiger partial charge in [-0.15, -0.1) is 11.3 Å². The molecule has 0 aliphatic heterocycles. The molecule has 19 heavy (non-hydrogen) atoms. The number of hydrogen-bond acceptors (Lipinski definition) is 6. The van der Waals surface area contributed by atoms with Crippen molar-refractivity contribution in [3.63, 3.8) is 0 Å². The predicted molar refractivity (Wildman–Crippen MR) is 77.7 cm³/mol. The molecular weight excluding hydrogens is 286 g/mol. The number of thiazole rings is 1. The molecule has 100 valence electrons. The van der Waals surface area contributed by atoms with Crippen molar-refractivity contribution in [3.05, 3.63) is 33.8 Å². The monoisotopic (exact) mass is 297 g/mol. The molecule has 0 saturated carbocycles. The minimum Gasteiger partial charge on any atom is -0.503 e. The number of hydrogen-bond donors (Lipinski definition) is 2. The molecule has 2 rings (SSSR count). The van der Waals surface area contributed by atoms with Crippen molar-refractivity contribution in [3.8, 4) is 11.5 Å². The van der Waals surface area contributed by atoms with Crippen LogP contribution in [-0.4, -0.2) is 23.4 Å². The number of ether oxygens (including phenoxy) is 1. The zero-order valence-corrected chi connectivity index (χ0v) is 11.9. The van der Waals surface area contributed by atoms with Gasteiger partial charge >= 0.3 is 0 Å². The summed E-state index contributed by atoms with van der Waals surface area (Å²) in [7, 11) is 1.46. The minimum atomic E-state index is -0.0989. The van der Waals surface area contributed by atoms with Gasteiger partial charge in [0, 0.05) is 10.9 Å². The maximum absolute atomic E-state index is 9.75. The van der Waals surface area contributed by atoms with Crippen molar-refractivity contribution in [2.24, 2.45) is 5.10 Å². The summed E-state index contributed by atoms with van der Waals surface area (Å²) in [4.78, 5) is 4.20. The van der Waals surface area contributed by atoms with Crippen LogP contribution in [0.2, 0.25) is 5.02 Å². The highest BCUT2D eigenvalue weighted by molar-refractivity contribution is 7.13. The molecule has 0 aliphatic rings. The summed E-state index contributed by atoms with van der Waals surface area (Å²) in [6, 6.07) is 3.33. The molecular formula is C12H12ClN3O2S. The molecule has 0 unspecified atom stereocenters. The average molecular weight is 298 g/mol. The third-order valence-electron chi connectivity index (χ3n) is 2.31. The molecule has 1 aromatic carbocycles. The second-order valence-corrected chi connectivity index (χ2v) is 4.92. The van der Waals surface area contributed by atoms with Crippen molar-refractivity contribution < 1.29 is 9.84 Å². The molecule has 0 aliphatic carbocycles. The highest BCUT2D eigenvalue weighted by Gasteiger charge is 2.09. The van der Waals surface area contributed by atoms with Crippen LogP contribution in [0.25, 0.3) is 0 Å². The molecule has 2 aromatic rings. The van der Waals surface area contributed by atoms with Crippen LogP contribution < -0.4 is 10.2 Å². The molecule has 0 radical (unpaired) electrons. The van der Waals surface area contributed by atoms with Gasteiger partial charge in [-0.05, 0) is 19.1 Å². The van der Waals surface area contributed by atoms with Crippen LogP contribution in [0.5, 0.6) is 11.5 Å². The Hall–Kier alpha value is -1.79. The number of anilines is 1. The van der Waals surface area contributed by atoms with Crippen molar-refractivity contribution in [2.45, 2.75) is 6.92 Å². The Morgan fingerprint density at radius 2 is 2.32 bits per heavy atom. The lowest BCUT2D eigenvalue weighted by atomic mass is 10.2. The third-order valence-corrected chi connectivity index (χ3v) is 3.57. The molecule has 0 bridgehead atoms. The van der Waals surface area contributed by atoms with Gasteiger partial charge in [0.05, 0.1) is 24.0 Å². The van der Waals surface area contributed by atoms with Gasteiger partial charge in [0.25, 0.3) is 0 Å². The van der Waals surface area contributed by atoms with Gasteiger partial charge in [0.1, 0.15) is 0 Å². The number of halogens is 1. The summed E-state index contributed by atoms with van der Waals surface area (Å²) in [6.07, 6.45) is 1.51. The summed E-state index contributed by atoms with van der Waals surface area (Å²) < 4.78 is 4.95. The molecule has 0 spiro atoms. The molecule has 5 nitrogen and oxygen atoms in total. The van der Waals surface area contributed by atoms with Crippen LogP contribution in [0.15, 0.2) is 22.6 Å². The molecule has 1 aromatic heterocycles. The Morgan fingerprint density at radius 3 is 2.95 bits per heavy atom. The highest BCUT2D eigenvalue weighted by atomic mass is 35.5. The second kappa shape index (κ2) is 5.90. The highest BCUT2D eigenvalue weighted by Crippen LogP contribution is 2.35. The first-order valence-electron chi connectivity index (χ1n) is 5.38. The minimum absolute atomic E-state index is 0.0989. The van der Waals surface area contributed by atoms with E-state index in [-0.39, 0.29) is 10.8 Å². The largest absolute Gasteiger partial charge is 0.503 e. The summed E-state index contributed by atoms with van der Waals surface area (Å²) in [5, 5.41) is 16.6. The SMILES string of the molecule is COc1ccc(C=NNc2nc(C)cs2)c(Cl)c1O. The number of phenols is 1. The number of aromatic hydroxyl groups is 1. The fourth-order valence-corrected chi connectivity index (χ4v) is 2.23. The van der Waals surface area contributed by atoms with E-state index in [4.69, 9.17) is 16.3 Å². The van der Waals surface area contributed by atoms with E-state index in [2.05, 4.69) is 15.5 Å². The first kappa shape index (κ1) is 13.6. The summed E-state index contributed by atoms with van der Waals surface area (Å²) in [5.74, 6) is 0.226. The van der Waals surface area contributed by atoms with Gasteiger partial charge in [0.2, 0.25) is 5.13 Å². The predicted octanol–water partition coefficient (Wildman–Crippen LogP) is 3.27. The number of hydrazone groups is 1. The molecule has 1 heterocycles. The topological polar surface area (TPSA) is 66.7 Å². The molecule has 0 amide bonds. The van der Waals surface area contributed by atoms with Crippen molar-refractivity contribution in [1.82, 2.24) is 4.98 Å². The molecule has 2 N–H and O–H groups in total. The van der Waals surface area contributed by atoms with Gasteiger partial charge in [-0.2, -0.15) is 5.10 Å². The molecule has 0 saturated heterocycles. The average Bonchev–Trinajstić information content (AvgIpc) is 2.81. The zero-order chi connectivity index (χ0) is 13.8. The summed E-state index contributed by atoms with van der Waals surface area (Å²) >= 11 is 7.46. The van der Waals surface area contributed by atoms with Crippen LogP contribution in [0, 0.1) is 6.92 Å². The number of phenolic OH excluding ortho intramolecular Hbond substituents is 1. The number of aryl methyl sites for hydroxylation is 1. The standard InChI is InChI=1S/C12H12ClN3O2S/c1-7-6-19-12(15-7)16-14-5-8-3-4-9(18-2)11(17)10(8)13/h3-6,17H,1-2H3,(H,15,16).